The summed E-state index contributed by atoms with van der Waals surface area (Å²) in [6, 6.07) is 13.3. The number of amidine groups is 1. The zero-order valence-corrected chi connectivity index (χ0v) is 30.1. The second-order valence-corrected chi connectivity index (χ2v) is 13.3. The number of carbonyl (C=O) groups is 4. The summed E-state index contributed by atoms with van der Waals surface area (Å²) >= 11 is 3.52. The van der Waals surface area contributed by atoms with Gasteiger partial charge in [0, 0.05) is 30.7 Å². The number of nitrogen functional groups attached to an aromatic ring is 1. The number of halogens is 4. The van der Waals surface area contributed by atoms with Crippen molar-refractivity contribution in [2.45, 2.75) is 75.5 Å². The predicted octanol–water partition coefficient (Wildman–Crippen LogP) is 3.38. The van der Waals surface area contributed by atoms with E-state index in [0.717, 1.165) is 47.7 Å². The van der Waals surface area contributed by atoms with Crippen molar-refractivity contribution in [3.05, 3.63) is 69.7 Å². The number of carboxylic acids is 1. The third-order valence-electron chi connectivity index (χ3n) is 8.22. The fraction of sp³-hybridized carbons (Fsp3) is 0.471. The Balaban J connectivity index is 0.00000116. The van der Waals surface area contributed by atoms with Crippen LogP contribution in [0.5, 0.6) is 0 Å². The minimum Gasteiger partial charge on any atom is -0.475 e. The quantitative estimate of drug-likeness (QED) is 0.0851. The van der Waals surface area contributed by atoms with E-state index >= 15 is 0 Å². The third-order valence-corrected chi connectivity index (χ3v) is 8.71. The van der Waals surface area contributed by atoms with Crippen LogP contribution < -0.4 is 27.8 Å². The molecule has 0 radical (unpaired) electrons. The molecule has 1 unspecified atom stereocenters. The number of aliphatic carboxylic acids is 1. The number of carboxylic acid groups (broad SMARTS) is 1. The van der Waals surface area contributed by atoms with Gasteiger partial charge in [-0.2, -0.15) is 13.2 Å². The number of nitrogens with one attached hydrogen (secondary N) is 3. The highest BCUT2D eigenvalue weighted by Crippen LogP contribution is 2.29. The largest absolute Gasteiger partial charge is 0.490 e. The van der Waals surface area contributed by atoms with Crippen LogP contribution in [0.1, 0.15) is 67.6 Å². The number of benzene rings is 2. The Labute approximate surface area is 303 Å². The summed E-state index contributed by atoms with van der Waals surface area (Å²) in [6.07, 6.45) is 0.791. The van der Waals surface area contributed by atoms with Crippen molar-refractivity contribution < 1.29 is 37.5 Å². The average Bonchev–Trinajstić information content (AvgIpc) is 3.07. The van der Waals surface area contributed by atoms with Crippen molar-refractivity contribution in [3.63, 3.8) is 0 Å². The molecule has 1 saturated carbocycles. The number of carbonyl (C=O) groups excluding carboxylic acids is 3. The van der Waals surface area contributed by atoms with Crippen molar-refractivity contribution in [2.75, 3.05) is 20.6 Å². The van der Waals surface area contributed by atoms with Crippen LogP contribution in [-0.2, 0) is 25.6 Å². The number of amides is 3. The first kappa shape index (κ1) is 42.5. The van der Waals surface area contributed by atoms with Gasteiger partial charge in [0.15, 0.2) is 5.96 Å². The Morgan fingerprint density at radius 2 is 1.61 bits per heavy atom. The van der Waals surface area contributed by atoms with E-state index in [1.165, 1.54) is 4.90 Å². The van der Waals surface area contributed by atoms with Crippen LogP contribution in [0.3, 0.4) is 0 Å². The fourth-order valence-electron chi connectivity index (χ4n) is 5.59. The van der Waals surface area contributed by atoms with Gasteiger partial charge < -0.3 is 37.8 Å². The Bertz CT molecular complexity index is 1530. The molecule has 3 rings (SSSR count). The molecule has 2 aromatic carbocycles. The molecule has 280 valence electrons. The lowest BCUT2D eigenvalue weighted by Crippen LogP contribution is -2.56. The molecule has 0 heterocycles. The molecule has 2 aromatic rings. The fourth-order valence-corrected chi connectivity index (χ4v) is 6.01. The highest BCUT2D eigenvalue weighted by Gasteiger charge is 2.38. The van der Waals surface area contributed by atoms with Gasteiger partial charge in [0.1, 0.15) is 17.9 Å². The maximum atomic E-state index is 14.1. The van der Waals surface area contributed by atoms with Crippen LogP contribution in [0.15, 0.2) is 58.0 Å². The van der Waals surface area contributed by atoms with Gasteiger partial charge in [-0.3, -0.25) is 24.8 Å². The van der Waals surface area contributed by atoms with Gasteiger partial charge in [0.05, 0.1) is 5.92 Å². The molecule has 1 aliphatic rings. The summed E-state index contributed by atoms with van der Waals surface area (Å²) in [5.74, 6) is -4.33. The molecule has 1 fully saturated rings. The van der Waals surface area contributed by atoms with E-state index in [1.54, 1.807) is 26.2 Å². The molecule has 10 N–H and O–H groups in total. The standard InChI is InChI=1S/C32H45BrN8O3.C2HF3O2/c1-41(2)31(44)26(12-7-17-38-32(36)37)39-30(43)27(21-8-4-3-5-9-21)40-29(42)25(23-10-6-11-24(33)19-23)18-20-13-15-22(16-14-20)28(34)35;3-2(4,5)1(6)7/h6,10-11,13-16,19,21,25-27H,3-5,7-9,12,17-18H2,1-2H3,(H3,34,35)(H,39,43)(H,40,42)(H4,36,37,38);(H,6,7)/t25?,26-,27-;/m0./s1. The van der Waals surface area contributed by atoms with E-state index in [2.05, 4.69) is 31.6 Å². The summed E-state index contributed by atoms with van der Waals surface area (Å²) in [4.78, 5) is 55.4. The highest BCUT2D eigenvalue weighted by atomic mass is 79.9. The lowest BCUT2D eigenvalue weighted by molar-refractivity contribution is -0.192. The molecule has 13 nitrogen and oxygen atoms in total. The lowest BCUT2D eigenvalue weighted by Gasteiger charge is -2.33. The number of hydrogen-bond acceptors (Lipinski definition) is 6. The van der Waals surface area contributed by atoms with Crippen molar-refractivity contribution in [1.29, 1.82) is 5.41 Å². The molecule has 3 atom stereocenters. The van der Waals surface area contributed by atoms with Gasteiger partial charge in [0.2, 0.25) is 17.7 Å². The first-order valence-electron chi connectivity index (χ1n) is 16.3. The first-order chi connectivity index (χ1) is 23.9. The zero-order chi connectivity index (χ0) is 38.3. The SMILES string of the molecule is CN(C)C(=O)[C@H](CCCN=C(N)N)NC(=O)[C@@H](NC(=O)C(Cc1ccc(C(=N)N)cc1)c1cccc(Br)c1)C1CCCCC1.O=C(O)C(F)(F)F. The first-order valence-corrected chi connectivity index (χ1v) is 17.1. The Hall–Kier alpha value is -4.67. The van der Waals surface area contributed by atoms with Crippen molar-refractivity contribution >= 4 is 51.4 Å². The van der Waals surface area contributed by atoms with Gasteiger partial charge in [-0.25, -0.2) is 4.79 Å². The van der Waals surface area contributed by atoms with E-state index in [-0.39, 0.29) is 35.4 Å². The molecular weight excluding hydrogens is 737 g/mol. The molecule has 0 aliphatic heterocycles. The second-order valence-electron chi connectivity index (χ2n) is 12.4. The summed E-state index contributed by atoms with van der Waals surface area (Å²) in [7, 11) is 3.28. The van der Waals surface area contributed by atoms with Crippen LogP contribution in [0.4, 0.5) is 13.2 Å². The van der Waals surface area contributed by atoms with Crippen molar-refractivity contribution in [3.8, 4) is 0 Å². The molecule has 51 heavy (non-hydrogen) atoms. The minimum atomic E-state index is -5.08. The Kier molecular flexibility index (Phi) is 16.9. The Morgan fingerprint density at radius 3 is 2.12 bits per heavy atom. The predicted molar refractivity (Wildman–Crippen MR) is 191 cm³/mol. The molecule has 0 bridgehead atoms. The maximum Gasteiger partial charge on any atom is 0.490 e. The van der Waals surface area contributed by atoms with Gasteiger partial charge >= 0.3 is 12.1 Å². The number of nitrogens with zero attached hydrogens (tertiary/aromatic N) is 2. The van der Waals surface area contributed by atoms with E-state index in [4.69, 9.17) is 32.5 Å². The third kappa shape index (κ3) is 14.6. The smallest absolute Gasteiger partial charge is 0.475 e. The number of hydrogen-bond donors (Lipinski definition) is 7. The van der Waals surface area contributed by atoms with Crippen molar-refractivity contribution in [2.24, 2.45) is 28.1 Å². The second kappa shape index (κ2) is 20.2. The molecule has 1 aliphatic carbocycles. The summed E-state index contributed by atoms with van der Waals surface area (Å²) < 4.78 is 32.6. The molecule has 17 heteroatoms. The molecule has 0 saturated heterocycles. The number of rotatable bonds is 14. The van der Waals surface area contributed by atoms with Crippen LogP contribution in [0.25, 0.3) is 0 Å². The van der Waals surface area contributed by atoms with Gasteiger partial charge in [-0.15, -0.1) is 0 Å². The lowest BCUT2D eigenvalue weighted by atomic mass is 9.82. The topological polar surface area (TPSA) is 230 Å². The van der Waals surface area contributed by atoms with Crippen LogP contribution >= 0.6 is 15.9 Å². The van der Waals surface area contributed by atoms with Gasteiger partial charge in [0.25, 0.3) is 0 Å². The van der Waals surface area contributed by atoms with E-state index in [0.29, 0.717) is 31.4 Å². The average molecular weight is 784 g/mol. The maximum absolute atomic E-state index is 14.1. The van der Waals surface area contributed by atoms with Crippen molar-refractivity contribution in [1.82, 2.24) is 15.5 Å². The summed E-state index contributed by atoms with van der Waals surface area (Å²) in [6.45, 7) is 0.333. The van der Waals surface area contributed by atoms with E-state index in [9.17, 15) is 27.6 Å². The molecular formula is C34H46BrF3N8O5. The molecule has 3 amide bonds. The van der Waals surface area contributed by atoms with Gasteiger partial charge in [-0.1, -0.05) is 71.6 Å². The Morgan fingerprint density at radius 1 is 1.00 bits per heavy atom. The van der Waals surface area contributed by atoms with Crippen LogP contribution in [0, 0.1) is 11.3 Å². The van der Waals surface area contributed by atoms with Crippen LogP contribution in [0.2, 0.25) is 0 Å². The number of aliphatic imine (C=N–C) groups is 1. The number of nitrogens with two attached hydrogens (primary N) is 3. The number of guanidine groups is 1. The normalized spacial score (nSPS) is 14.8. The monoisotopic (exact) mass is 782 g/mol. The van der Waals surface area contributed by atoms with E-state index < -0.39 is 30.1 Å². The number of alkyl halides is 3. The summed E-state index contributed by atoms with van der Waals surface area (Å²) in [5, 5.41) is 20.9. The molecule has 0 spiro atoms. The van der Waals surface area contributed by atoms with Crippen LogP contribution in [-0.4, -0.2) is 84.4 Å². The van der Waals surface area contributed by atoms with Gasteiger partial charge in [-0.05, 0) is 61.3 Å². The minimum absolute atomic E-state index is 0.0264. The van der Waals surface area contributed by atoms with E-state index in [1.807, 2.05) is 36.4 Å². The number of likely N-dealkylation sites (N-methyl/N-ethyl adjacent to an activating group) is 1. The summed E-state index contributed by atoms with van der Waals surface area (Å²) in [5.41, 5.74) is 18.8. The zero-order valence-electron chi connectivity index (χ0n) is 28.5. The highest BCUT2D eigenvalue weighted by molar-refractivity contribution is 9.10. The molecule has 0 aromatic heterocycles.